The lowest BCUT2D eigenvalue weighted by molar-refractivity contribution is 0.0932. The van der Waals surface area contributed by atoms with E-state index in [4.69, 9.17) is 4.42 Å². The molecule has 3 nitrogen and oxygen atoms in total. The number of Topliss-reactive ketones (excluding diaryl/α,β-unsaturated/α-hetero) is 1. The molecule has 0 unspecified atom stereocenters. The highest BCUT2D eigenvalue weighted by Gasteiger charge is 2.25. The molecular formula is C16H19NO2. The number of para-hydroxylation sites is 1. The number of furan rings is 1. The molecule has 1 aliphatic carbocycles. The molecule has 2 aromatic rings. The number of ketones is 1. The fourth-order valence-electron chi connectivity index (χ4n) is 2.45. The Morgan fingerprint density at radius 2 is 2.16 bits per heavy atom. The zero-order valence-corrected chi connectivity index (χ0v) is 11.3. The van der Waals surface area contributed by atoms with E-state index in [9.17, 15) is 4.79 Å². The average Bonchev–Trinajstić information content (AvgIpc) is 3.14. The van der Waals surface area contributed by atoms with Crippen LogP contribution >= 0.6 is 0 Å². The van der Waals surface area contributed by atoms with Gasteiger partial charge in [0.25, 0.3) is 0 Å². The number of hydrogen-bond acceptors (Lipinski definition) is 3. The van der Waals surface area contributed by atoms with Gasteiger partial charge in [-0.3, -0.25) is 9.69 Å². The van der Waals surface area contributed by atoms with Crippen LogP contribution in [0.5, 0.6) is 0 Å². The van der Waals surface area contributed by atoms with Gasteiger partial charge in [-0.15, -0.1) is 0 Å². The zero-order valence-electron chi connectivity index (χ0n) is 11.3. The smallest absolute Gasteiger partial charge is 0.180 e. The van der Waals surface area contributed by atoms with Gasteiger partial charge < -0.3 is 4.42 Å². The Morgan fingerprint density at radius 3 is 2.89 bits per heavy atom. The van der Waals surface area contributed by atoms with Crippen molar-refractivity contribution in [2.45, 2.75) is 19.8 Å². The van der Waals surface area contributed by atoms with Crippen LogP contribution in [0.1, 0.15) is 30.1 Å². The highest BCUT2D eigenvalue weighted by Crippen LogP contribution is 2.30. The Labute approximate surface area is 113 Å². The van der Waals surface area contributed by atoms with Crippen molar-refractivity contribution in [1.82, 2.24) is 4.90 Å². The molecule has 3 heteroatoms. The van der Waals surface area contributed by atoms with E-state index in [0.717, 1.165) is 30.0 Å². The monoisotopic (exact) mass is 257 g/mol. The van der Waals surface area contributed by atoms with Crippen molar-refractivity contribution in [3.05, 3.63) is 36.1 Å². The predicted octanol–water partition coefficient (Wildman–Crippen LogP) is 3.35. The van der Waals surface area contributed by atoms with Gasteiger partial charge in [-0.2, -0.15) is 0 Å². The van der Waals surface area contributed by atoms with Gasteiger partial charge in [0.05, 0.1) is 12.1 Å². The second kappa shape index (κ2) is 5.17. The Balaban J connectivity index is 1.75. The van der Waals surface area contributed by atoms with E-state index in [1.165, 1.54) is 12.8 Å². The number of carbonyl (C=O) groups is 1. The third-order valence-corrected chi connectivity index (χ3v) is 3.81. The van der Waals surface area contributed by atoms with E-state index < -0.39 is 0 Å². The number of carbonyl (C=O) groups excluding carboxylic acids is 1. The maximum Gasteiger partial charge on any atom is 0.180 e. The Hall–Kier alpha value is -1.61. The van der Waals surface area contributed by atoms with Crippen LogP contribution in [-0.2, 0) is 0 Å². The minimum absolute atomic E-state index is 0.160. The van der Waals surface area contributed by atoms with Gasteiger partial charge in [0, 0.05) is 11.9 Å². The Morgan fingerprint density at radius 1 is 1.37 bits per heavy atom. The maximum absolute atomic E-state index is 12.4. The van der Waals surface area contributed by atoms with E-state index in [-0.39, 0.29) is 5.78 Å². The number of nitrogens with zero attached hydrogens (tertiary/aromatic N) is 1. The standard InChI is InChI=1S/C16H19NO2/c1-2-17(9-12-7-8-12)10-15(18)14-11-19-16-6-4-3-5-13(14)16/h3-6,11-12H,2,7-10H2,1H3. The fourth-order valence-corrected chi connectivity index (χ4v) is 2.45. The Bertz CT molecular complexity index is 583. The van der Waals surface area contributed by atoms with E-state index >= 15 is 0 Å². The summed E-state index contributed by atoms with van der Waals surface area (Å²) in [5.74, 6) is 0.973. The summed E-state index contributed by atoms with van der Waals surface area (Å²) in [7, 11) is 0. The summed E-state index contributed by atoms with van der Waals surface area (Å²) in [5.41, 5.74) is 1.50. The predicted molar refractivity (Wildman–Crippen MR) is 75.4 cm³/mol. The lowest BCUT2D eigenvalue weighted by Gasteiger charge is -2.18. The van der Waals surface area contributed by atoms with Crippen LogP contribution in [-0.4, -0.2) is 30.3 Å². The molecule has 0 aliphatic heterocycles. The number of rotatable bonds is 6. The van der Waals surface area contributed by atoms with Crippen LogP contribution in [0.15, 0.2) is 34.9 Å². The van der Waals surface area contributed by atoms with E-state index in [1.807, 2.05) is 24.3 Å². The molecule has 0 saturated heterocycles. The van der Waals surface area contributed by atoms with Gasteiger partial charge in [-0.05, 0) is 31.4 Å². The summed E-state index contributed by atoms with van der Waals surface area (Å²) in [6.07, 6.45) is 4.23. The van der Waals surface area contributed by atoms with Crippen LogP contribution in [0.2, 0.25) is 0 Å². The quantitative estimate of drug-likeness (QED) is 0.744. The third kappa shape index (κ3) is 2.71. The molecule has 0 atom stereocenters. The summed E-state index contributed by atoms with van der Waals surface area (Å²) < 4.78 is 5.44. The summed E-state index contributed by atoms with van der Waals surface area (Å²) >= 11 is 0. The normalized spacial score (nSPS) is 15.3. The first-order valence-corrected chi connectivity index (χ1v) is 6.99. The van der Waals surface area contributed by atoms with E-state index in [2.05, 4.69) is 11.8 Å². The molecule has 0 bridgehead atoms. The molecule has 1 aromatic carbocycles. The second-order valence-corrected chi connectivity index (χ2v) is 5.34. The number of hydrogen-bond donors (Lipinski definition) is 0. The summed E-state index contributed by atoms with van der Waals surface area (Å²) in [4.78, 5) is 14.6. The zero-order chi connectivity index (χ0) is 13.2. The van der Waals surface area contributed by atoms with Crippen LogP contribution in [0.25, 0.3) is 11.0 Å². The molecule has 1 fully saturated rings. The minimum Gasteiger partial charge on any atom is -0.464 e. The number of likely N-dealkylation sites (N-methyl/N-ethyl adjacent to an activating group) is 1. The van der Waals surface area contributed by atoms with Crippen molar-refractivity contribution in [2.24, 2.45) is 5.92 Å². The van der Waals surface area contributed by atoms with E-state index in [0.29, 0.717) is 12.1 Å². The van der Waals surface area contributed by atoms with Crippen LogP contribution in [0.3, 0.4) is 0 Å². The minimum atomic E-state index is 0.160. The molecule has 0 N–H and O–H groups in total. The molecule has 1 heterocycles. The van der Waals surface area contributed by atoms with Crippen LogP contribution in [0, 0.1) is 5.92 Å². The van der Waals surface area contributed by atoms with Crippen molar-refractivity contribution in [2.75, 3.05) is 19.6 Å². The van der Waals surface area contributed by atoms with Crippen LogP contribution < -0.4 is 0 Å². The van der Waals surface area contributed by atoms with Crippen LogP contribution in [0.4, 0.5) is 0 Å². The van der Waals surface area contributed by atoms with Crippen molar-refractivity contribution in [3.63, 3.8) is 0 Å². The van der Waals surface area contributed by atoms with E-state index in [1.54, 1.807) is 6.26 Å². The average molecular weight is 257 g/mol. The van der Waals surface area contributed by atoms with Gasteiger partial charge >= 0.3 is 0 Å². The van der Waals surface area contributed by atoms with Crippen molar-refractivity contribution in [1.29, 1.82) is 0 Å². The second-order valence-electron chi connectivity index (χ2n) is 5.34. The van der Waals surface area contributed by atoms with Crippen molar-refractivity contribution in [3.8, 4) is 0 Å². The largest absolute Gasteiger partial charge is 0.464 e. The topological polar surface area (TPSA) is 33.5 Å². The summed E-state index contributed by atoms with van der Waals surface area (Å²) in [6, 6.07) is 7.71. The number of fused-ring (bicyclic) bond motifs is 1. The molecular weight excluding hydrogens is 238 g/mol. The third-order valence-electron chi connectivity index (χ3n) is 3.81. The fraction of sp³-hybridized carbons (Fsp3) is 0.438. The first-order chi connectivity index (χ1) is 9.28. The van der Waals surface area contributed by atoms with Gasteiger partial charge in [-0.25, -0.2) is 0 Å². The lowest BCUT2D eigenvalue weighted by atomic mass is 10.1. The van der Waals surface area contributed by atoms with Crippen molar-refractivity contribution >= 4 is 16.8 Å². The highest BCUT2D eigenvalue weighted by atomic mass is 16.3. The molecule has 0 spiro atoms. The molecule has 3 rings (SSSR count). The highest BCUT2D eigenvalue weighted by molar-refractivity contribution is 6.08. The first-order valence-electron chi connectivity index (χ1n) is 6.99. The summed E-state index contributed by atoms with van der Waals surface area (Å²) in [5, 5.41) is 0.926. The maximum atomic E-state index is 12.4. The van der Waals surface area contributed by atoms with Crippen molar-refractivity contribution < 1.29 is 9.21 Å². The number of benzene rings is 1. The molecule has 100 valence electrons. The SMILES string of the molecule is CCN(CC(=O)c1coc2ccccc12)CC1CC1. The molecule has 0 radical (unpaired) electrons. The molecule has 0 amide bonds. The first kappa shape index (κ1) is 12.4. The Kier molecular flexibility index (Phi) is 3.38. The molecule has 1 aliphatic rings. The van der Waals surface area contributed by atoms with Gasteiger partial charge in [0.2, 0.25) is 0 Å². The summed E-state index contributed by atoms with van der Waals surface area (Å²) in [6.45, 7) is 4.59. The molecule has 1 aromatic heterocycles. The lowest BCUT2D eigenvalue weighted by Crippen LogP contribution is -2.31. The van der Waals surface area contributed by atoms with Gasteiger partial charge in [0.15, 0.2) is 5.78 Å². The van der Waals surface area contributed by atoms with Gasteiger partial charge in [-0.1, -0.05) is 25.1 Å². The molecule has 19 heavy (non-hydrogen) atoms. The van der Waals surface area contributed by atoms with Gasteiger partial charge in [0.1, 0.15) is 11.8 Å². The molecule has 1 saturated carbocycles.